The van der Waals surface area contributed by atoms with Crippen LogP contribution in [0, 0.1) is 11.6 Å². The number of rotatable bonds is 5. The van der Waals surface area contributed by atoms with E-state index in [2.05, 4.69) is 9.97 Å². The van der Waals surface area contributed by atoms with E-state index >= 15 is 0 Å². The van der Waals surface area contributed by atoms with Gasteiger partial charge in [-0.2, -0.15) is 0 Å². The van der Waals surface area contributed by atoms with Crippen LogP contribution in [0.4, 0.5) is 8.78 Å². The van der Waals surface area contributed by atoms with E-state index in [0.29, 0.717) is 10.5 Å². The fraction of sp³-hybridized carbons (Fsp3) is 0.190. The highest BCUT2D eigenvalue weighted by Gasteiger charge is 2.27. The third kappa shape index (κ3) is 3.63. The van der Waals surface area contributed by atoms with Crippen LogP contribution in [0.1, 0.15) is 23.4 Å². The normalized spacial score (nSPS) is 12.4. The van der Waals surface area contributed by atoms with Crippen LogP contribution >= 0.6 is 11.3 Å². The number of thiazole rings is 1. The number of pyridine rings is 1. The monoisotopic (exact) mass is 414 g/mol. The summed E-state index contributed by atoms with van der Waals surface area (Å²) in [6.45, 7) is 1.81. The summed E-state index contributed by atoms with van der Waals surface area (Å²) in [5.41, 5.74) is 0.371. The number of esters is 1. The number of nitrogens with one attached hydrogen (secondary N) is 1. The summed E-state index contributed by atoms with van der Waals surface area (Å²) in [6.07, 6.45) is -0.00151. The van der Waals surface area contributed by atoms with Gasteiger partial charge in [-0.15, -0.1) is 11.3 Å². The number of hydrogen-bond donors (Lipinski definition) is 1. The Bertz CT molecular complexity index is 1240. The lowest BCUT2D eigenvalue weighted by Crippen LogP contribution is -2.25. The number of ether oxygens (including phenoxy) is 1. The Morgan fingerprint density at radius 2 is 1.97 bits per heavy atom. The van der Waals surface area contributed by atoms with Crippen molar-refractivity contribution in [3.05, 3.63) is 75.0 Å². The number of carbonyl (C=O) groups excluding carboxylic acids is 1. The zero-order valence-corrected chi connectivity index (χ0v) is 16.2. The van der Waals surface area contributed by atoms with E-state index in [1.807, 2.05) is 12.1 Å². The molecule has 0 saturated carbocycles. The lowest BCUT2D eigenvalue weighted by molar-refractivity contribution is -0.145. The molecule has 0 aliphatic carbocycles. The van der Waals surface area contributed by atoms with Crippen LogP contribution in [0.2, 0.25) is 0 Å². The molecule has 4 aromatic rings. The third-order valence-electron chi connectivity index (χ3n) is 4.60. The molecule has 2 aromatic heterocycles. The van der Waals surface area contributed by atoms with E-state index in [1.165, 1.54) is 0 Å². The van der Waals surface area contributed by atoms with Crippen LogP contribution in [0.15, 0.2) is 47.3 Å². The Morgan fingerprint density at radius 3 is 2.72 bits per heavy atom. The Balaban J connectivity index is 1.80. The molecule has 0 spiro atoms. The zero-order valence-electron chi connectivity index (χ0n) is 15.4. The zero-order chi connectivity index (χ0) is 20.5. The van der Waals surface area contributed by atoms with Crippen LogP contribution in [-0.4, -0.2) is 22.5 Å². The van der Waals surface area contributed by atoms with Crippen LogP contribution in [0.3, 0.4) is 0 Å². The molecule has 0 aliphatic rings. The number of carbonyl (C=O) groups is 1. The smallest absolute Gasteiger partial charge is 0.314 e. The molecule has 8 heteroatoms. The minimum Gasteiger partial charge on any atom is -0.466 e. The van der Waals surface area contributed by atoms with Gasteiger partial charge in [0.25, 0.3) is 5.56 Å². The molecule has 148 valence electrons. The van der Waals surface area contributed by atoms with E-state index in [4.69, 9.17) is 4.74 Å². The van der Waals surface area contributed by atoms with Gasteiger partial charge in [-0.1, -0.05) is 18.2 Å². The largest absolute Gasteiger partial charge is 0.466 e. The predicted molar refractivity (Wildman–Crippen MR) is 107 cm³/mol. The Kier molecular flexibility index (Phi) is 5.10. The molecule has 4 rings (SSSR count). The summed E-state index contributed by atoms with van der Waals surface area (Å²) in [5.74, 6) is -2.76. The van der Waals surface area contributed by atoms with Crippen LogP contribution in [0.5, 0.6) is 0 Å². The maximum Gasteiger partial charge on any atom is 0.314 e. The molecule has 0 amide bonds. The van der Waals surface area contributed by atoms with Crippen molar-refractivity contribution in [3.8, 4) is 0 Å². The van der Waals surface area contributed by atoms with Gasteiger partial charge < -0.3 is 9.72 Å². The van der Waals surface area contributed by atoms with E-state index in [1.54, 1.807) is 25.1 Å². The molecule has 0 radical (unpaired) electrons. The molecule has 1 N–H and O–H groups in total. The predicted octanol–water partition coefficient (Wildman–Crippen LogP) is 4.31. The van der Waals surface area contributed by atoms with Gasteiger partial charge >= 0.3 is 5.97 Å². The number of hydrogen-bond acceptors (Lipinski definition) is 5. The van der Waals surface area contributed by atoms with Gasteiger partial charge in [-0.25, -0.2) is 13.8 Å². The molecule has 0 aliphatic heterocycles. The van der Waals surface area contributed by atoms with E-state index in [0.717, 1.165) is 28.9 Å². The van der Waals surface area contributed by atoms with Gasteiger partial charge in [-0.3, -0.25) is 9.59 Å². The van der Waals surface area contributed by atoms with Gasteiger partial charge in [0.05, 0.1) is 22.2 Å². The summed E-state index contributed by atoms with van der Waals surface area (Å²) in [5, 5.41) is 1.10. The molecular formula is C21H16F2N2O3S. The molecule has 1 unspecified atom stereocenters. The van der Waals surface area contributed by atoms with Crippen molar-refractivity contribution >= 4 is 38.4 Å². The second-order valence-electron chi connectivity index (χ2n) is 6.46. The first kappa shape index (κ1) is 19.2. The standard InChI is InChI=1S/C21H16F2N2O3S/c1-2-28-21(27)13(12-9-11-5-3-4-6-16(11)24-20(12)26)10-17-25-18-14(22)7-8-15(23)19(18)29-17/h3-9,13H,2,10H2,1H3,(H,24,26). The average Bonchev–Trinajstić information content (AvgIpc) is 3.14. The van der Waals surface area contributed by atoms with Crippen LogP contribution < -0.4 is 5.56 Å². The molecule has 0 fully saturated rings. The Labute approximate surface area is 168 Å². The summed E-state index contributed by atoms with van der Waals surface area (Å²) in [7, 11) is 0. The molecular weight excluding hydrogens is 398 g/mol. The van der Waals surface area contributed by atoms with Crippen molar-refractivity contribution in [2.24, 2.45) is 0 Å². The first-order chi connectivity index (χ1) is 14.0. The van der Waals surface area contributed by atoms with Crippen molar-refractivity contribution < 1.29 is 18.3 Å². The van der Waals surface area contributed by atoms with Crippen molar-refractivity contribution in [2.45, 2.75) is 19.3 Å². The SMILES string of the molecule is CCOC(=O)C(Cc1nc2c(F)ccc(F)c2s1)c1cc2ccccc2[nH]c1=O. The Morgan fingerprint density at radius 1 is 1.21 bits per heavy atom. The molecule has 2 aromatic carbocycles. The molecule has 2 heterocycles. The topological polar surface area (TPSA) is 72.0 Å². The lowest BCUT2D eigenvalue weighted by atomic mass is 9.96. The maximum atomic E-state index is 14.0. The summed E-state index contributed by atoms with van der Waals surface area (Å²) < 4.78 is 33.2. The van der Waals surface area contributed by atoms with Gasteiger partial charge in [0, 0.05) is 17.5 Å². The highest BCUT2D eigenvalue weighted by Crippen LogP contribution is 2.31. The fourth-order valence-corrected chi connectivity index (χ4v) is 4.27. The number of benzene rings is 2. The fourth-order valence-electron chi connectivity index (χ4n) is 3.24. The number of aromatic amines is 1. The van der Waals surface area contributed by atoms with Gasteiger partial charge in [0.15, 0.2) is 5.82 Å². The van der Waals surface area contributed by atoms with Crippen LogP contribution in [0.25, 0.3) is 21.1 Å². The minimum absolute atomic E-state index is 0.00151. The van der Waals surface area contributed by atoms with Gasteiger partial charge in [-0.05, 0) is 36.6 Å². The lowest BCUT2D eigenvalue weighted by Gasteiger charge is -2.14. The second-order valence-corrected chi connectivity index (χ2v) is 7.55. The van der Waals surface area contributed by atoms with Gasteiger partial charge in [0.1, 0.15) is 11.3 Å². The Hall–Kier alpha value is -3.13. The maximum absolute atomic E-state index is 14.0. The van der Waals surface area contributed by atoms with E-state index < -0.39 is 29.1 Å². The van der Waals surface area contributed by atoms with Crippen molar-refractivity contribution in [1.29, 1.82) is 0 Å². The summed E-state index contributed by atoms with van der Waals surface area (Å²) in [6, 6.07) is 10.9. The van der Waals surface area contributed by atoms with Crippen LogP contribution in [-0.2, 0) is 16.0 Å². The highest BCUT2D eigenvalue weighted by atomic mass is 32.1. The summed E-state index contributed by atoms with van der Waals surface area (Å²) >= 11 is 0.960. The van der Waals surface area contributed by atoms with Crippen molar-refractivity contribution in [3.63, 3.8) is 0 Å². The van der Waals surface area contributed by atoms with Crippen molar-refractivity contribution in [2.75, 3.05) is 6.61 Å². The summed E-state index contributed by atoms with van der Waals surface area (Å²) in [4.78, 5) is 32.2. The second kappa shape index (κ2) is 7.71. The number of para-hydroxylation sites is 1. The van der Waals surface area contributed by atoms with Crippen molar-refractivity contribution in [1.82, 2.24) is 9.97 Å². The quantitative estimate of drug-likeness (QED) is 0.494. The number of fused-ring (bicyclic) bond motifs is 2. The molecule has 29 heavy (non-hydrogen) atoms. The average molecular weight is 414 g/mol. The molecule has 5 nitrogen and oxygen atoms in total. The first-order valence-corrected chi connectivity index (χ1v) is 9.81. The molecule has 0 saturated heterocycles. The molecule has 1 atom stereocenters. The highest BCUT2D eigenvalue weighted by molar-refractivity contribution is 7.18. The number of H-pyrrole nitrogens is 1. The number of nitrogens with zero attached hydrogens (tertiary/aromatic N) is 1. The minimum atomic E-state index is -0.949. The first-order valence-electron chi connectivity index (χ1n) is 9.00. The number of aromatic nitrogens is 2. The van der Waals surface area contributed by atoms with E-state index in [-0.39, 0.29) is 28.8 Å². The molecule has 0 bridgehead atoms. The number of halogens is 2. The van der Waals surface area contributed by atoms with E-state index in [9.17, 15) is 18.4 Å². The van der Waals surface area contributed by atoms with Gasteiger partial charge in [0.2, 0.25) is 0 Å². The third-order valence-corrected chi connectivity index (χ3v) is 5.68.